The molecule has 0 saturated carbocycles. The van der Waals surface area contributed by atoms with Crippen LogP contribution < -0.4 is 9.64 Å². The zero-order chi connectivity index (χ0) is 14.0. The number of rotatable bonds is 2. The number of anilines is 1. The maximum atomic E-state index is 5.54. The van der Waals surface area contributed by atoms with Gasteiger partial charge in [0.05, 0.1) is 12.8 Å². The predicted octanol–water partition coefficient (Wildman–Crippen LogP) is 2.74. The lowest BCUT2D eigenvalue weighted by molar-refractivity contribution is 0.311. The van der Waals surface area contributed by atoms with Crippen LogP contribution in [-0.4, -0.2) is 45.2 Å². The summed E-state index contributed by atoms with van der Waals surface area (Å²) in [6.07, 6.45) is 0. The van der Waals surface area contributed by atoms with Crippen LogP contribution in [0.5, 0.6) is 5.75 Å². The largest absolute Gasteiger partial charge is 0.495 e. The van der Waals surface area contributed by atoms with E-state index < -0.39 is 0 Å². The standard InChI is InChI=1S/C16H26N2O/c1-16(2,3)13-6-7-15(19-5)14(12-13)18-10-8-17(4)9-11-18/h6-7,12H,8-11H2,1-5H3. The van der Waals surface area contributed by atoms with Gasteiger partial charge < -0.3 is 14.5 Å². The van der Waals surface area contributed by atoms with Gasteiger partial charge in [-0.05, 0) is 30.2 Å². The zero-order valence-electron chi connectivity index (χ0n) is 12.9. The van der Waals surface area contributed by atoms with Crippen molar-refractivity contribution in [1.82, 2.24) is 4.90 Å². The lowest BCUT2D eigenvalue weighted by Crippen LogP contribution is -2.44. The second-order valence-electron chi connectivity index (χ2n) is 6.43. The van der Waals surface area contributed by atoms with Gasteiger partial charge in [0.2, 0.25) is 0 Å². The zero-order valence-corrected chi connectivity index (χ0v) is 12.9. The van der Waals surface area contributed by atoms with Crippen LogP contribution >= 0.6 is 0 Å². The molecule has 1 aliphatic heterocycles. The summed E-state index contributed by atoms with van der Waals surface area (Å²) in [6, 6.07) is 6.58. The van der Waals surface area contributed by atoms with Crippen molar-refractivity contribution in [3.8, 4) is 5.75 Å². The fourth-order valence-corrected chi connectivity index (χ4v) is 2.45. The molecule has 1 saturated heterocycles. The van der Waals surface area contributed by atoms with E-state index in [0.717, 1.165) is 31.9 Å². The highest BCUT2D eigenvalue weighted by Gasteiger charge is 2.21. The van der Waals surface area contributed by atoms with E-state index in [0.29, 0.717) is 0 Å². The number of piperazine rings is 1. The molecule has 2 rings (SSSR count). The molecular formula is C16H26N2O. The van der Waals surface area contributed by atoms with Gasteiger partial charge in [0.1, 0.15) is 5.75 Å². The Kier molecular flexibility index (Phi) is 4.04. The third-order valence-electron chi connectivity index (χ3n) is 3.89. The first-order valence-electron chi connectivity index (χ1n) is 7.04. The van der Waals surface area contributed by atoms with Crippen molar-refractivity contribution in [2.45, 2.75) is 26.2 Å². The Labute approximate surface area is 117 Å². The van der Waals surface area contributed by atoms with Gasteiger partial charge in [-0.3, -0.25) is 0 Å². The number of nitrogens with zero attached hydrogens (tertiary/aromatic N) is 2. The summed E-state index contributed by atoms with van der Waals surface area (Å²) >= 11 is 0. The second-order valence-corrected chi connectivity index (χ2v) is 6.43. The third-order valence-corrected chi connectivity index (χ3v) is 3.89. The minimum atomic E-state index is 0.174. The number of hydrogen-bond acceptors (Lipinski definition) is 3. The van der Waals surface area contributed by atoms with Crippen molar-refractivity contribution in [1.29, 1.82) is 0 Å². The molecule has 3 nitrogen and oxygen atoms in total. The number of benzene rings is 1. The Bertz CT molecular complexity index is 429. The predicted molar refractivity (Wildman–Crippen MR) is 81.4 cm³/mol. The Balaban J connectivity index is 2.31. The maximum absolute atomic E-state index is 5.54. The molecule has 0 atom stereocenters. The average Bonchev–Trinajstić information content (AvgIpc) is 2.38. The fourth-order valence-electron chi connectivity index (χ4n) is 2.45. The van der Waals surface area contributed by atoms with Gasteiger partial charge in [0.15, 0.2) is 0 Å². The molecule has 0 N–H and O–H groups in total. The highest BCUT2D eigenvalue weighted by Crippen LogP contribution is 2.34. The normalized spacial score (nSPS) is 17.6. The minimum Gasteiger partial charge on any atom is -0.495 e. The molecule has 1 fully saturated rings. The van der Waals surface area contributed by atoms with Crippen LogP contribution in [0, 0.1) is 0 Å². The molecule has 1 aromatic carbocycles. The summed E-state index contributed by atoms with van der Waals surface area (Å²) in [7, 11) is 3.94. The SMILES string of the molecule is COc1ccc(C(C)(C)C)cc1N1CCN(C)CC1. The average molecular weight is 262 g/mol. The Morgan fingerprint density at radius 3 is 2.21 bits per heavy atom. The molecule has 106 valence electrons. The number of methoxy groups -OCH3 is 1. The van der Waals surface area contributed by atoms with E-state index >= 15 is 0 Å². The summed E-state index contributed by atoms with van der Waals surface area (Å²) in [6.45, 7) is 11.1. The third kappa shape index (κ3) is 3.21. The monoisotopic (exact) mass is 262 g/mol. The molecule has 0 unspecified atom stereocenters. The van der Waals surface area contributed by atoms with Crippen LogP contribution in [0.4, 0.5) is 5.69 Å². The molecule has 0 amide bonds. The summed E-state index contributed by atoms with van der Waals surface area (Å²) in [5.74, 6) is 0.984. The van der Waals surface area contributed by atoms with Crippen molar-refractivity contribution in [3.63, 3.8) is 0 Å². The second kappa shape index (κ2) is 5.41. The smallest absolute Gasteiger partial charge is 0.142 e. The van der Waals surface area contributed by atoms with Crippen LogP contribution in [0.3, 0.4) is 0 Å². The van der Waals surface area contributed by atoms with E-state index in [1.807, 2.05) is 0 Å². The van der Waals surface area contributed by atoms with Gasteiger partial charge >= 0.3 is 0 Å². The lowest BCUT2D eigenvalue weighted by atomic mass is 9.86. The molecule has 0 spiro atoms. The number of hydrogen-bond donors (Lipinski definition) is 0. The van der Waals surface area contributed by atoms with Crippen molar-refractivity contribution < 1.29 is 4.74 Å². The molecule has 19 heavy (non-hydrogen) atoms. The van der Waals surface area contributed by atoms with Crippen molar-refractivity contribution >= 4 is 5.69 Å². The van der Waals surface area contributed by atoms with Crippen LogP contribution in [-0.2, 0) is 5.41 Å². The van der Waals surface area contributed by atoms with E-state index in [1.54, 1.807) is 7.11 Å². The van der Waals surface area contributed by atoms with Crippen LogP contribution in [0.2, 0.25) is 0 Å². The highest BCUT2D eigenvalue weighted by molar-refractivity contribution is 5.61. The summed E-state index contributed by atoms with van der Waals surface area (Å²) in [4.78, 5) is 4.81. The first-order valence-corrected chi connectivity index (χ1v) is 7.04. The van der Waals surface area contributed by atoms with Gasteiger partial charge in [-0.2, -0.15) is 0 Å². The Morgan fingerprint density at radius 1 is 1.05 bits per heavy atom. The molecule has 3 heteroatoms. The molecule has 0 aromatic heterocycles. The fraction of sp³-hybridized carbons (Fsp3) is 0.625. The molecule has 0 aliphatic carbocycles. The molecular weight excluding hydrogens is 236 g/mol. The molecule has 1 aliphatic rings. The van der Waals surface area contributed by atoms with Crippen LogP contribution in [0.15, 0.2) is 18.2 Å². The lowest BCUT2D eigenvalue weighted by Gasteiger charge is -2.35. The van der Waals surface area contributed by atoms with Crippen molar-refractivity contribution in [3.05, 3.63) is 23.8 Å². The minimum absolute atomic E-state index is 0.174. The number of likely N-dealkylation sites (N-methyl/N-ethyl adjacent to an activating group) is 1. The highest BCUT2D eigenvalue weighted by atomic mass is 16.5. The van der Waals surface area contributed by atoms with Gasteiger partial charge in [0.25, 0.3) is 0 Å². The first kappa shape index (κ1) is 14.2. The molecule has 1 aromatic rings. The Morgan fingerprint density at radius 2 is 1.68 bits per heavy atom. The maximum Gasteiger partial charge on any atom is 0.142 e. The van der Waals surface area contributed by atoms with Crippen LogP contribution in [0.25, 0.3) is 0 Å². The van der Waals surface area contributed by atoms with E-state index in [4.69, 9.17) is 4.74 Å². The molecule has 0 radical (unpaired) electrons. The van der Waals surface area contributed by atoms with Crippen LogP contribution in [0.1, 0.15) is 26.3 Å². The number of ether oxygens (including phenoxy) is 1. The summed E-state index contributed by atoms with van der Waals surface area (Å²) in [5.41, 5.74) is 2.78. The van der Waals surface area contributed by atoms with E-state index in [1.165, 1.54) is 11.3 Å². The molecule has 0 bridgehead atoms. The quantitative estimate of drug-likeness (QED) is 0.815. The van der Waals surface area contributed by atoms with Gasteiger partial charge in [-0.15, -0.1) is 0 Å². The van der Waals surface area contributed by atoms with Gasteiger partial charge in [-0.25, -0.2) is 0 Å². The molecule has 1 heterocycles. The summed E-state index contributed by atoms with van der Waals surface area (Å²) < 4.78 is 5.54. The van der Waals surface area contributed by atoms with Gasteiger partial charge in [0, 0.05) is 26.2 Å². The summed E-state index contributed by atoms with van der Waals surface area (Å²) in [5, 5.41) is 0. The van der Waals surface area contributed by atoms with Crippen molar-refractivity contribution in [2.24, 2.45) is 0 Å². The topological polar surface area (TPSA) is 15.7 Å². The first-order chi connectivity index (χ1) is 8.91. The van der Waals surface area contributed by atoms with E-state index in [9.17, 15) is 0 Å². The van der Waals surface area contributed by atoms with E-state index in [2.05, 4.69) is 55.8 Å². The van der Waals surface area contributed by atoms with E-state index in [-0.39, 0.29) is 5.41 Å². The van der Waals surface area contributed by atoms with Gasteiger partial charge in [-0.1, -0.05) is 26.8 Å². The Hall–Kier alpha value is -1.22. The van der Waals surface area contributed by atoms with Crippen molar-refractivity contribution in [2.75, 3.05) is 45.2 Å².